The van der Waals surface area contributed by atoms with Crippen molar-refractivity contribution < 1.29 is 14.6 Å². The van der Waals surface area contributed by atoms with Crippen LogP contribution in [0, 0.1) is 0 Å². The molecule has 6 nitrogen and oxygen atoms in total. The summed E-state index contributed by atoms with van der Waals surface area (Å²) in [7, 11) is 0. The minimum absolute atomic E-state index is 0.0117. The Morgan fingerprint density at radius 1 is 0.763 bits per heavy atom. The molecule has 2 aromatic heterocycles. The Labute approximate surface area is 223 Å². The van der Waals surface area contributed by atoms with E-state index in [4.69, 9.17) is 16.6 Å². The number of nitrogens with zero attached hydrogens (tertiary/aromatic N) is 3. The van der Waals surface area contributed by atoms with Crippen molar-refractivity contribution in [2.75, 3.05) is 0 Å². The van der Waals surface area contributed by atoms with Crippen molar-refractivity contribution >= 4 is 28.5 Å². The van der Waals surface area contributed by atoms with Crippen LogP contribution in [0.15, 0.2) is 121 Å². The fourth-order valence-electron chi connectivity index (χ4n) is 5.08. The maximum absolute atomic E-state index is 13.0. The molecule has 0 spiro atoms. The first kappa shape index (κ1) is 23.6. The summed E-state index contributed by atoms with van der Waals surface area (Å²) in [6.45, 7) is 0. The second-order valence-electron chi connectivity index (χ2n) is 8.89. The summed E-state index contributed by atoms with van der Waals surface area (Å²) < 4.78 is 1.64. The van der Waals surface area contributed by atoms with Crippen molar-refractivity contribution in [2.24, 2.45) is 0 Å². The van der Waals surface area contributed by atoms with Crippen LogP contribution < -0.4 is 4.68 Å². The van der Waals surface area contributed by atoms with Gasteiger partial charge in [-0.25, -0.2) is 9.78 Å². The lowest BCUT2D eigenvalue weighted by atomic mass is 9.77. The van der Waals surface area contributed by atoms with Crippen LogP contribution >= 0.6 is 11.6 Å². The number of aromatic amines is 1. The number of H-pyrrole nitrogens is 1. The third-order valence-electron chi connectivity index (χ3n) is 6.72. The number of hydrogen-bond acceptors (Lipinski definition) is 3. The van der Waals surface area contributed by atoms with Crippen molar-refractivity contribution in [3.8, 4) is 11.4 Å². The number of carbonyl (C=O) groups is 1. The third-order valence-corrected chi connectivity index (χ3v) is 6.95. The highest BCUT2D eigenvalue weighted by Gasteiger charge is 2.49. The van der Waals surface area contributed by atoms with E-state index < -0.39 is 11.5 Å². The van der Waals surface area contributed by atoms with Crippen LogP contribution in [-0.4, -0.2) is 26.4 Å². The molecule has 0 radical (unpaired) electrons. The van der Waals surface area contributed by atoms with Gasteiger partial charge in [0, 0.05) is 32.2 Å². The first-order valence-electron chi connectivity index (χ1n) is 12.1. The summed E-state index contributed by atoms with van der Waals surface area (Å²) in [5.41, 5.74) is 2.92. The van der Waals surface area contributed by atoms with E-state index in [9.17, 15) is 9.90 Å². The summed E-state index contributed by atoms with van der Waals surface area (Å²) in [5, 5.41) is 19.7. The molecule has 7 heteroatoms. The Morgan fingerprint density at radius 3 is 1.84 bits per heavy atom. The molecule has 0 amide bonds. The molecule has 6 rings (SSSR count). The number of halogens is 1. The zero-order chi connectivity index (χ0) is 26.1. The number of benzene rings is 4. The maximum atomic E-state index is 13.0. The number of nitrogens with one attached hydrogen (secondary N) is 1. The molecule has 0 unspecified atom stereocenters. The molecule has 0 aliphatic heterocycles. The minimum atomic E-state index is -1.13. The van der Waals surface area contributed by atoms with Gasteiger partial charge in [-0.3, -0.25) is 0 Å². The molecule has 0 saturated heterocycles. The normalized spacial score (nSPS) is 11.5. The molecule has 0 saturated carbocycles. The average molecular weight is 518 g/mol. The number of pyridine rings is 1. The number of carboxylic acids is 1. The summed E-state index contributed by atoms with van der Waals surface area (Å²) in [4.78, 5) is 17.7. The lowest BCUT2D eigenvalue weighted by Gasteiger charge is -2.32. The van der Waals surface area contributed by atoms with Crippen LogP contribution in [0.3, 0.4) is 0 Å². The highest BCUT2D eigenvalue weighted by molar-refractivity contribution is 6.31. The Kier molecular flexibility index (Phi) is 5.94. The van der Waals surface area contributed by atoms with Crippen molar-refractivity contribution in [3.63, 3.8) is 0 Å². The Morgan fingerprint density at radius 2 is 1.32 bits per heavy atom. The standard InChI is InChI=1S/C31H21ClN4O2/c32-25-17-19-26-21(20-25)16-18-27(33-26)28-29(30(37)38)36(35-34-28)31(22-10-4-1-5-11-22,23-12-6-2-7-13-23)24-14-8-3-9-15-24/h1-20H,(H,37,38)/p+1. The second-order valence-corrected chi connectivity index (χ2v) is 9.33. The molecule has 184 valence electrons. The van der Waals surface area contributed by atoms with Gasteiger partial charge in [-0.2, -0.15) is 0 Å². The van der Waals surface area contributed by atoms with Gasteiger partial charge in [-0.1, -0.05) is 114 Å². The van der Waals surface area contributed by atoms with E-state index in [1.165, 1.54) is 0 Å². The molecule has 6 aromatic rings. The predicted octanol–water partition coefficient (Wildman–Crippen LogP) is 6.10. The van der Waals surface area contributed by atoms with E-state index >= 15 is 0 Å². The number of fused-ring (bicyclic) bond motifs is 1. The number of carboxylic acid groups (broad SMARTS) is 1. The fourth-order valence-corrected chi connectivity index (χ4v) is 5.26. The van der Waals surface area contributed by atoms with Gasteiger partial charge in [0.15, 0.2) is 0 Å². The van der Waals surface area contributed by atoms with E-state index in [1.807, 2.05) is 109 Å². The fraction of sp³-hybridized carbons (Fsp3) is 0.0323. The Balaban J connectivity index is 1.69. The molecular weight excluding hydrogens is 496 g/mol. The minimum Gasteiger partial charge on any atom is -0.475 e. The van der Waals surface area contributed by atoms with Crippen LogP contribution in [0.25, 0.3) is 22.3 Å². The second kappa shape index (κ2) is 9.57. The number of aromatic carboxylic acids is 1. The van der Waals surface area contributed by atoms with Gasteiger partial charge in [-0.05, 0) is 24.3 Å². The molecule has 4 aromatic carbocycles. The topological polar surface area (TPSA) is 82.8 Å². The first-order valence-corrected chi connectivity index (χ1v) is 12.4. The molecule has 0 aliphatic carbocycles. The van der Waals surface area contributed by atoms with E-state index in [0.717, 1.165) is 22.1 Å². The van der Waals surface area contributed by atoms with Crippen LogP contribution in [0.2, 0.25) is 5.02 Å². The SMILES string of the molecule is O=C(O)c1c(-c2ccc3cc(Cl)ccc3n2)n[nH][n+]1C(c1ccccc1)(c1ccccc1)c1ccccc1. The van der Waals surface area contributed by atoms with Gasteiger partial charge in [0.05, 0.1) is 5.52 Å². The predicted molar refractivity (Wildman–Crippen MR) is 146 cm³/mol. The van der Waals surface area contributed by atoms with Crippen molar-refractivity contribution in [1.29, 1.82) is 0 Å². The monoisotopic (exact) mass is 517 g/mol. The van der Waals surface area contributed by atoms with E-state index in [1.54, 1.807) is 16.8 Å². The lowest BCUT2D eigenvalue weighted by Crippen LogP contribution is -2.62. The largest absolute Gasteiger partial charge is 0.475 e. The van der Waals surface area contributed by atoms with Crippen molar-refractivity contribution in [3.05, 3.63) is 149 Å². The number of aromatic nitrogens is 4. The summed E-state index contributed by atoms with van der Waals surface area (Å²) in [6.07, 6.45) is 0. The molecule has 38 heavy (non-hydrogen) atoms. The van der Waals surface area contributed by atoms with E-state index in [0.29, 0.717) is 16.2 Å². The molecule has 0 bridgehead atoms. The van der Waals surface area contributed by atoms with Gasteiger partial charge in [0.1, 0.15) is 5.69 Å². The van der Waals surface area contributed by atoms with Gasteiger partial charge in [0.25, 0.3) is 11.4 Å². The van der Waals surface area contributed by atoms with Gasteiger partial charge in [-0.15, -0.1) is 4.68 Å². The molecule has 0 fully saturated rings. The van der Waals surface area contributed by atoms with Crippen molar-refractivity contribution in [1.82, 2.24) is 15.3 Å². The summed E-state index contributed by atoms with van der Waals surface area (Å²) >= 11 is 6.14. The lowest BCUT2D eigenvalue weighted by molar-refractivity contribution is -0.789. The zero-order valence-corrected chi connectivity index (χ0v) is 20.9. The smallest absolute Gasteiger partial charge is 0.382 e. The highest BCUT2D eigenvalue weighted by Crippen LogP contribution is 2.37. The quantitative estimate of drug-likeness (QED) is 0.206. The summed E-state index contributed by atoms with van der Waals surface area (Å²) in [5.74, 6) is -1.13. The number of hydrogen-bond donors (Lipinski definition) is 2. The van der Waals surface area contributed by atoms with Gasteiger partial charge in [0.2, 0.25) is 5.54 Å². The molecule has 2 N–H and O–H groups in total. The first-order chi connectivity index (χ1) is 18.6. The molecular formula is C31H22ClN4O2+. The number of rotatable bonds is 6. The molecule has 0 aliphatic rings. The van der Waals surface area contributed by atoms with Crippen LogP contribution in [0.4, 0.5) is 0 Å². The van der Waals surface area contributed by atoms with Crippen LogP contribution in [-0.2, 0) is 5.54 Å². The molecule has 2 heterocycles. The zero-order valence-electron chi connectivity index (χ0n) is 20.1. The Hall–Kier alpha value is -4.81. The maximum Gasteiger partial charge on any atom is 0.382 e. The van der Waals surface area contributed by atoms with Crippen molar-refractivity contribution in [2.45, 2.75) is 5.54 Å². The average Bonchev–Trinajstić information content (AvgIpc) is 3.41. The van der Waals surface area contributed by atoms with Gasteiger partial charge >= 0.3 is 5.97 Å². The highest BCUT2D eigenvalue weighted by atomic mass is 35.5. The third kappa shape index (κ3) is 3.83. The van der Waals surface area contributed by atoms with E-state index in [2.05, 4.69) is 10.3 Å². The Bertz CT molecular complexity index is 1660. The van der Waals surface area contributed by atoms with Crippen LogP contribution in [0.5, 0.6) is 0 Å². The van der Waals surface area contributed by atoms with Gasteiger partial charge < -0.3 is 5.11 Å². The molecule has 0 atom stereocenters. The van der Waals surface area contributed by atoms with E-state index in [-0.39, 0.29) is 11.4 Å². The summed E-state index contributed by atoms with van der Waals surface area (Å²) in [6, 6.07) is 38.5. The van der Waals surface area contributed by atoms with Crippen LogP contribution in [0.1, 0.15) is 27.2 Å².